The van der Waals surface area contributed by atoms with Gasteiger partial charge in [-0.1, -0.05) is 85.0 Å². The molecule has 65 heavy (non-hydrogen) atoms. The van der Waals surface area contributed by atoms with Crippen LogP contribution < -0.4 is 20.1 Å². The number of nitro groups is 1. The van der Waals surface area contributed by atoms with E-state index in [4.69, 9.17) is 14.2 Å². The molecular weight excluding hydrogens is 857 g/mol. The third-order valence-corrected chi connectivity index (χ3v) is 17.7. The van der Waals surface area contributed by atoms with Gasteiger partial charge in [-0.25, -0.2) is 0 Å². The lowest BCUT2D eigenvalue weighted by atomic mass is 9.82. The van der Waals surface area contributed by atoms with E-state index in [2.05, 4.69) is 40.9 Å². The van der Waals surface area contributed by atoms with Crippen molar-refractivity contribution in [2.24, 2.45) is 5.92 Å². The van der Waals surface area contributed by atoms with Crippen molar-refractivity contribution >= 4 is 42.1 Å². The Labute approximate surface area is 375 Å². The summed E-state index contributed by atoms with van der Waals surface area (Å²) in [6.07, 6.45) is -7.26. The van der Waals surface area contributed by atoms with Crippen LogP contribution in [0.1, 0.15) is 41.6 Å². The van der Waals surface area contributed by atoms with E-state index in [1.54, 1.807) is 47.0 Å². The number of hydrogen-bond acceptors (Lipinski definition) is 14. The third kappa shape index (κ3) is 8.34. The van der Waals surface area contributed by atoms with E-state index < -0.39 is 67.2 Å². The van der Waals surface area contributed by atoms with Crippen molar-refractivity contribution in [1.82, 2.24) is 15.0 Å². The summed E-state index contributed by atoms with van der Waals surface area (Å²) in [6, 6.07) is 28.4. The van der Waals surface area contributed by atoms with Gasteiger partial charge in [-0.05, 0) is 53.4 Å². The maximum atomic E-state index is 15.4. The lowest BCUT2D eigenvalue weighted by molar-refractivity contribution is -0.385. The summed E-state index contributed by atoms with van der Waals surface area (Å²) in [5.41, 5.74) is 1.32. The number of benzene rings is 4. The number of aryl methyl sites for hydroxylation is 1. The van der Waals surface area contributed by atoms with Gasteiger partial charge in [0.15, 0.2) is 18.0 Å². The first kappa shape index (κ1) is 45.7. The molecule has 8 rings (SSSR count). The normalized spacial score (nSPS) is 26.8. The smallest absolute Gasteiger partial charge is 0.269 e. The van der Waals surface area contributed by atoms with Crippen LogP contribution >= 0.6 is 0 Å². The highest BCUT2D eigenvalue weighted by atomic mass is 28.3. The molecule has 0 aliphatic carbocycles. The average Bonchev–Trinajstić information content (AvgIpc) is 3.97. The molecule has 4 heterocycles. The minimum absolute atomic E-state index is 0.0419. The van der Waals surface area contributed by atoms with Crippen LogP contribution in [-0.4, -0.2) is 116 Å². The Morgan fingerprint density at radius 2 is 1.69 bits per heavy atom. The van der Waals surface area contributed by atoms with Crippen molar-refractivity contribution in [2.45, 2.75) is 93.4 Å². The quantitative estimate of drug-likeness (QED) is 0.0533. The molecular formula is C46H52N6O12Si. The first-order chi connectivity index (χ1) is 31.1. The van der Waals surface area contributed by atoms with E-state index >= 15 is 4.79 Å². The van der Waals surface area contributed by atoms with Crippen molar-refractivity contribution in [1.29, 1.82) is 0 Å². The molecule has 2 amide bonds. The van der Waals surface area contributed by atoms with E-state index in [1.165, 1.54) is 12.1 Å². The number of carbonyl (C=O) groups is 2. The number of aliphatic hydroxyl groups is 5. The Hall–Kier alpha value is -5.90. The molecule has 2 saturated heterocycles. The Kier molecular flexibility index (Phi) is 12.8. The zero-order valence-corrected chi connectivity index (χ0v) is 37.2. The molecule has 342 valence electrons. The van der Waals surface area contributed by atoms with Crippen LogP contribution in [0.15, 0.2) is 103 Å². The molecule has 3 aliphatic heterocycles. The molecule has 1 unspecified atom stereocenters. The second-order valence-corrected chi connectivity index (χ2v) is 22.1. The first-order valence-corrected chi connectivity index (χ1v) is 24.4. The Bertz CT molecular complexity index is 2530. The summed E-state index contributed by atoms with van der Waals surface area (Å²) in [7, 11) is -0.989. The van der Waals surface area contributed by atoms with E-state index in [9.17, 15) is 40.4 Å². The zero-order valence-electron chi connectivity index (χ0n) is 36.2. The summed E-state index contributed by atoms with van der Waals surface area (Å²) < 4.78 is 19.5. The van der Waals surface area contributed by atoms with Gasteiger partial charge in [0.05, 0.1) is 56.7 Å². The highest BCUT2D eigenvalue weighted by molar-refractivity contribution is 6.91. The van der Waals surface area contributed by atoms with Crippen molar-refractivity contribution in [3.05, 3.63) is 136 Å². The number of non-ortho nitro benzene ring substituents is 1. The van der Waals surface area contributed by atoms with Crippen LogP contribution in [0.25, 0.3) is 0 Å². The summed E-state index contributed by atoms with van der Waals surface area (Å²) in [4.78, 5) is 41.8. The van der Waals surface area contributed by atoms with Crippen molar-refractivity contribution < 1.29 is 54.3 Å². The van der Waals surface area contributed by atoms with Gasteiger partial charge in [0, 0.05) is 42.0 Å². The van der Waals surface area contributed by atoms with Gasteiger partial charge in [-0.15, -0.1) is 5.10 Å². The molecule has 0 saturated carbocycles. The minimum atomic E-state index is -2.60. The number of anilines is 2. The monoisotopic (exact) mass is 908 g/mol. The Morgan fingerprint density at radius 3 is 2.35 bits per heavy atom. The number of carbonyl (C=O) groups excluding carboxylic acids is 2. The summed E-state index contributed by atoms with van der Waals surface area (Å²) in [5, 5.41) is 75.3. The van der Waals surface area contributed by atoms with Gasteiger partial charge < -0.3 is 50.0 Å². The topological polar surface area (TPSA) is 252 Å². The number of nitro benzene ring substituents is 1. The van der Waals surface area contributed by atoms with Gasteiger partial charge in [0.2, 0.25) is 0 Å². The van der Waals surface area contributed by atoms with Crippen LogP contribution in [0, 0.1) is 16.0 Å². The lowest BCUT2D eigenvalue weighted by Crippen LogP contribution is -2.60. The molecule has 19 heteroatoms. The fourth-order valence-corrected chi connectivity index (χ4v) is 14.0. The molecule has 1 spiro atoms. The zero-order chi connectivity index (χ0) is 46.4. The average molecular weight is 909 g/mol. The third-order valence-electron chi connectivity index (χ3n) is 13.4. The number of rotatable bonds is 14. The molecule has 0 radical (unpaired) electrons. The SMILES string of the molecule is COc1ccc([Si](C)(C)[C@@H]2[C@@H](CCn3cc(C(CO)c4ccccc4)nn3)O[C@]3(C(=O)N(Cc4ccc(NC(=O)[C@H]5O[C@@H](O)[C@H](O)[C@@H](O)[C@@H]5O)cc4)c4ccc([N+](=O)[O-])cc43)[C@H]2C)cc1. The summed E-state index contributed by atoms with van der Waals surface area (Å²) >= 11 is 0. The van der Waals surface area contributed by atoms with E-state index in [0.29, 0.717) is 41.2 Å². The standard InChI is InChI=1S/C46H52N6O12Si/c1-26-42(65(3,4)32-17-15-31(62-2)16-18-32)37(20-21-50-24-35(48-49-50)33(25-53)28-8-6-5-7-9-28)64-46(26)34-22-30(52(60)61)14-19-36(34)51(45(46)59)23-27-10-12-29(13-11-27)47-43(57)41-39(55)38(54)40(56)44(58)63-41/h5-19,22,24,26,33,37-42,44,53-56,58H,20-21,23,25H2,1-4H3,(H,47,57)/t26-,33?,37+,38-,39-,40+,41-,42-,44+,46+/m0/s1. The molecule has 4 aromatic carbocycles. The van der Waals surface area contributed by atoms with Crippen LogP contribution in [0.3, 0.4) is 0 Å². The largest absolute Gasteiger partial charge is 0.497 e. The fourth-order valence-electron chi connectivity index (χ4n) is 9.91. The van der Waals surface area contributed by atoms with Gasteiger partial charge in [-0.2, -0.15) is 0 Å². The highest BCUT2D eigenvalue weighted by Gasteiger charge is 2.66. The number of nitrogens with zero attached hydrogens (tertiary/aromatic N) is 5. The minimum Gasteiger partial charge on any atom is -0.497 e. The van der Waals surface area contributed by atoms with Gasteiger partial charge in [0.25, 0.3) is 17.5 Å². The van der Waals surface area contributed by atoms with Crippen molar-refractivity contribution in [3.63, 3.8) is 0 Å². The number of fused-ring (bicyclic) bond motifs is 2. The second-order valence-electron chi connectivity index (χ2n) is 17.5. The molecule has 2 fully saturated rings. The maximum Gasteiger partial charge on any atom is 0.269 e. The number of hydrogen-bond donors (Lipinski definition) is 6. The molecule has 18 nitrogen and oxygen atoms in total. The number of amides is 2. The molecule has 10 atom stereocenters. The second kappa shape index (κ2) is 18.2. The molecule has 3 aliphatic rings. The number of ether oxygens (including phenoxy) is 3. The predicted molar refractivity (Wildman–Crippen MR) is 238 cm³/mol. The number of aromatic nitrogens is 3. The lowest BCUT2D eigenvalue weighted by Gasteiger charge is -2.37. The van der Waals surface area contributed by atoms with Crippen LogP contribution in [0.4, 0.5) is 17.1 Å². The van der Waals surface area contributed by atoms with E-state index in [0.717, 1.165) is 10.8 Å². The van der Waals surface area contributed by atoms with Crippen molar-refractivity contribution in [3.8, 4) is 5.75 Å². The first-order valence-electron chi connectivity index (χ1n) is 21.4. The number of methoxy groups -OCH3 is 1. The summed E-state index contributed by atoms with van der Waals surface area (Å²) in [5.74, 6) is -1.38. The van der Waals surface area contributed by atoms with Crippen LogP contribution in [0.2, 0.25) is 18.6 Å². The van der Waals surface area contributed by atoms with Crippen LogP contribution in [-0.2, 0) is 37.8 Å². The fraction of sp³-hybridized carbons (Fsp3) is 0.391. The summed E-state index contributed by atoms with van der Waals surface area (Å²) in [6.45, 7) is 6.73. The van der Waals surface area contributed by atoms with Gasteiger partial charge in [-0.3, -0.25) is 24.4 Å². The van der Waals surface area contributed by atoms with Crippen LogP contribution in [0.5, 0.6) is 5.75 Å². The molecule has 0 bridgehead atoms. The molecule has 1 aromatic heterocycles. The Morgan fingerprint density at radius 1 is 0.985 bits per heavy atom. The Balaban J connectivity index is 1.10. The van der Waals surface area contributed by atoms with Crippen molar-refractivity contribution in [2.75, 3.05) is 23.9 Å². The van der Waals surface area contributed by atoms with Gasteiger partial charge in [0.1, 0.15) is 24.1 Å². The highest BCUT2D eigenvalue weighted by Crippen LogP contribution is 2.60. The maximum absolute atomic E-state index is 15.4. The number of aliphatic hydroxyl groups excluding tert-OH is 5. The van der Waals surface area contributed by atoms with E-state index in [-0.39, 0.29) is 41.9 Å². The number of nitrogens with one attached hydrogen (secondary N) is 1. The predicted octanol–water partition coefficient (Wildman–Crippen LogP) is 2.91. The van der Waals surface area contributed by atoms with Gasteiger partial charge >= 0.3 is 0 Å². The van der Waals surface area contributed by atoms with E-state index in [1.807, 2.05) is 55.6 Å². The molecule has 5 aromatic rings. The molecule has 6 N–H and O–H groups in total.